The molecule has 0 N–H and O–H groups in total. The van der Waals surface area contributed by atoms with Gasteiger partial charge in [-0.15, -0.1) is 4.68 Å². The first kappa shape index (κ1) is 18.9. The van der Waals surface area contributed by atoms with Crippen LogP contribution in [0, 0.1) is 4.51 Å². The molecule has 0 bridgehead atoms. The molecular weight excluding hydrogens is 354 g/mol. The average Bonchev–Trinajstić information content (AvgIpc) is 2.71. The van der Waals surface area contributed by atoms with Gasteiger partial charge < -0.3 is 0 Å². The second kappa shape index (κ2) is 8.68. The van der Waals surface area contributed by atoms with Crippen molar-refractivity contribution in [2.75, 3.05) is 14.1 Å². The van der Waals surface area contributed by atoms with Gasteiger partial charge in [-0.3, -0.25) is 9.67 Å². The summed E-state index contributed by atoms with van der Waals surface area (Å²) < 4.78 is 4.68. The van der Waals surface area contributed by atoms with Crippen molar-refractivity contribution in [3.8, 4) is 0 Å². The van der Waals surface area contributed by atoms with Crippen LogP contribution in [0.4, 0.5) is 0 Å². The Kier molecular flexibility index (Phi) is 6.08. The molecule has 1 aromatic carbocycles. The van der Waals surface area contributed by atoms with E-state index in [0.29, 0.717) is 6.54 Å². The lowest BCUT2D eigenvalue weighted by atomic mass is 10.1. The van der Waals surface area contributed by atoms with Crippen LogP contribution in [0.3, 0.4) is 0 Å². The van der Waals surface area contributed by atoms with E-state index in [9.17, 15) is 0 Å². The summed E-state index contributed by atoms with van der Waals surface area (Å²) in [7, 11) is 3.91. The minimum Gasteiger partial charge on any atom is -0.262 e. The summed E-state index contributed by atoms with van der Waals surface area (Å²) in [6.07, 6.45) is 9.25. The standard InChI is InChI=1S/C21H24N5S/c1-4-24(2)25(3)14-15-26-13-11-21(27)20(23-26)10-8-17-7-9-19-18(16-17)6-5-12-22-19/h4-7,9,11-14,16H,1,8,10,15H2,2-3H3/q+1. The highest BCUT2D eigenvalue weighted by Crippen LogP contribution is 2.15. The van der Waals surface area contributed by atoms with Crippen LogP contribution in [0.15, 0.2) is 61.6 Å². The third-order valence-electron chi connectivity index (χ3n) is 4.54. The van der Waals surface area contributed by atoms with Crippen molar-refractivity contribution in [3.05, 3.63) is 77.3 Å². The SMILES string of the molecule is C=CN(C)[N+](C)=CCn1ccc(=S)c(CCc2ccc3ncccc3c2)n1. The quantitative estimate of drug-likeness (QED) is 0.272. The largest absolute Gasteiger partial charge is 0.262 e. The van der Waals surface area contributed by atoms with Crippen LogP contribution in [0.25, 0.3) is 10.9 Å². The second-order valence-corrected chi connectivity index (χ2v) is 6.83. The number of pyridine rings is 1. The molecular formula is C21H24N5S+. The van der Waals surface area contributed by atoms with Gasteiger partial charge >= 0.3 is 0 Å². The molecule has 138 valence electrons. The molecule has 0 amide bonds. The Morgan fingerprint density at radius 2 is 2.11 bits per heavy atom. The second-order valence-electron chi connectivity index (χ2n) is 6.39. The van der Waals surface area contributed by atoms with E-state index in [4.69, 9.17) is 17.3 Å². The number of aryl methyl sites for hydroxylation is 2. The minimum absolute atomic E-state index is 0.666. The summed E-state index contributed by atoms with van der Waals surface area (Å²) >= 11 is 5.47. The first-order chi connectivity index (χ1) is 13.1. The molecule has 0 radical (unpaired) electrons. The summed E-state index contributed by atoms with van der Waals surface area (Å²) in [5.74, 6) is 0. The van der Waals surface area contributed by atoms with E-state index >= 15 is 0 Å². The summed E-state index contributed by atoms with van der Waals surface area (Å²) in [4.78, 5) is 4.37. The molecule has 2 heterocycles. The van der Waals surface area contributed by atoms with Crippen molar-refractivity contribution in [2.24, 2.45) is 0 Å². The summed E-state index contributed by atoms with van der Waals surface area (Å²) in [5.41, 5.74) is 3.23. The predicted molar refractivity (Wildman–Crippen MR) is 112 cm³/mol. The van der Waals surface area contributed by atoms with Gasteiger partial charge in [0.25, 0.3) is 0 Å². The van der Waals surface area contributed by atoms with E-state index in [0.717, 1.165) is 33.9 Å². The number of hydrogen-bond donors (Lipinski definition) is 0. The number of benzene rings is 1. The van der Waals surface area contributed by atoms with E-state index in [1.54, 1.807) is 6.20 Å². The number of hydrogen-bond acceptors (Lipinski definition) is 4. The number of nitrogens with zero attached hydrogens (tertiary/aromatic N) is 5. The van der Waals surface area contributed by atoms with Crippen LogP contribution in [-0.4, -0.2) is 44.8 Å². The lowest BCUT2D eigenvalue weighted by Gasteiger charge is -2.08. The van der Waals surface area contributed by atoms with E-state index in [-0.39, 0.29) is 0 Å². The van der Waals surface area contributed by atoms with Crippen LogP contribution in [0.5, 0.6) is 0 Å². The maximum absolute atomic E-state index is 5.47. The molecule has 2 aromatic heterocycles. The van der Waals surface area contributed by atoms with Crippen molar-refractivity contribution in [1.82, 2.24) is 19.8 Å². The molecule has 0 aliphatic rings. The number of fused-ring (bicyclic) bond motifs is 1. The Labute approximate surface area is 164 Å². The fourth-order valence-corrected chi connectivity index (χ4v) is 2.97. The highest BCUT2D eigenvalue weighted by Gasteiger charge is 2.04. The van der Waals surface area contributed by atoms with Gasteiger partial charge in [-0.25, -0.2) is 0 Å². The number of aromatic nitrogens is 3. The molecule has 0 fully saturated rings. The Morgan fingerprint density at radius 3 is 2.93 bits per heavy atom. The molecule has 0 saturated heterocycles. The zero-order chi connectivity index (χ0) is 19.2. The molecule has 3 aromatic rings. The summed E-state index contributed by atoms with van der Waals surface area (Å²) in [6.45, 7) is 4.42. The fraction of sp³-hybridized carbons (Fsp3) is 0.238. The lowest BCUT2D eigenvalue weighted by molar-refractivity contribution is -0.643. The average molecular weight is 379 g/mol. The first-order valence-corrected chi connectivity index (χ1v) is 9.29. The van der Waals surface area contributed by atoms with Crippen LogP contribution in [0.1, 0.15) is 11.3 Å². The molecule has 0 aliphatic heterocycles. The molecule has 6 heteroatoms. The van der Waals surface area contributed by atoms with Crippen molar-refractivity contribution < 1.29 is 4.68 Å². The Hall–Kier alpha value is -2.86. The smallest absolute Gasteiger partial charge is 0.191 e. The molecule has 3 rings (SSSR count). The first-order valence-electron chi connectivity index (χ1n) is 8.88. The van der Waals surface area contributed by atoms with Gasteiger partial charge in [-0.2, -0.15) is 10.1 Å². The molecule has 0 saturated carbocycles. The van der Waals surface area contributed by atoms with Crippen molar-refractivity contribution in [2.45, 2.75) is 19.4 Å². The minimum atomic E-state index is 0.666. The Morgan fingerprint density at radius 1 is 1.26 bits per heavy atom. The van der Waals surface area contributed by atoms with E-state index in [1.807, 2.05) is 59.2 Å². The number of hydrazone groups is 1. The molecule has 0 spiro atoms. The van der Waals surface area contributed by atoms with E-state index in [2.05, 4.69) is 35.8 Å². The van der Waals surface area contributed by atoms with E-state index in [1.165, 1.54) is 5.56 Å². The molecule has 0 unspecified atom stereocenters. The van der Waals surface area contributed by atoms with Crippen LogP contribution in [-0.2, 0) is 19.4 Å². The molecule has 0 aliphatic carbocycles. The van der Waals surface area contributed by atoms with Gasteiger partial charge in [0.1, 0.15) is 6.54 Å². The van der Waals surface area contributed by atoms with Crippen LogP contribution >= 0.6 is 12.2 Å². The third-order valence-corrected chi connectivity index (χ3v) is 4.92. The highest BCUT2D eigenvalue weighted by molar-refractivity contribution is 7.71. The zero-order valence-electron chi connectivity index (χ0n) is 15.7. The molecule has 0 atom stereocenters. The van der Waals surface area contributed by atoms with Crippen LogP contribution in [0.2, 0.25) is 0 Å². The zero-order valence-corrected chi connectivity index (χ0v) is 16.6. The summed E-state index contributed by atoms with van der Waals surface area (Å²) in [6, 6.07) is 12.4. The number of hydrazine groups is 1. The Balaban J connectivity index is 1.72. The maximum Gasteiger partial charge on any atom is 0.191 e. The van der Waals surface area contributed by atoms with Crippen molar-refractivity contribution in [3.63, 3.8) is 0 Å². The van der Waals surface area contributed by atoms with Crippen molar-refractivity contribution >= 4 is 29.3 Å². The Bertz CT molecular complexity index is 1040. The predicted octanol–water partition coefficient (Wildman–Crippen LogP) is 3.65. The van der Waals surface area contributed by atoms with E-state index < -0.39 is 0 Å². The van der Waals surface area contributed by atoms with Crippen LogP contribution < -0.4 is 0 Å². The third kappa shape index (κ3) is 4.86. The topological polar surface area (TPSA) is 37.0 Å². The normalized spacial score (nSPS) is 11.6. The van der Waals surface area contributed by atoms with Gasteiger partial charge in [-0.1, -0.05) is 30.9 Å². The van der Waals surface area contributed by atoms with Gasteiger partial charge in [-0.05, 0) is 42.7 Å². The van der Waals surface area contributed by atoms with Gasteiger partial charge in [0.15, 0.2) is 13.3 Å². The molecule has 5 nitrogen and oxygen atoms in total. The van der Waals surface area contributed by atoms with Crippen molar-refractivity contribution in [1.29, 1.82) is 0 Å². The van der Waals surface area contributed by atoms with Gasteiger partial charge in [0.05, 0.1) is 29.0 Å². The lowest BCUT2D eigenvalue weighted by Crippen LogP contribution is -2.25. The van der Waals surface area contributed by atoms with Gasteiger partial charge in [0.2, 0.25) is 0 Å². The van der Waals surface area contributed by atoms with Gasteiger partial charge in [0, 0.05) is 17.8 Å². The number of rotatable bonds is 7. The monoisotopic (exact) mass is 378 g/mol. The fourth-order valence-electron chi connectivity index (χ4n) is 2.77. The summed E-state index contributed by atoms with van der Waals surface area (Å²) in [5, 5.41) is 7.77. The maximum atomic E-state index is 5.47. The molecule has 27 heavy (non-hydrogen) atoms. The highest BCUT2D eigenvalue weighted by atomic mass is 32.1.